The molecule has 0 bridgehead atoms. The molecule has 0 radical (unpaired) electrons. The lowest BCUT2D eigenvalue weighted by molar-refractivity contribution is -0.137. The van der Waals surface area contributed by atoms with Gasteiger partial charge in [-0.2, -0.15) is 13.2 Å². The van der Waals surface area contributed by atoms with Crippen LogP contribution in [0.2, 0.25) is 0 Å². The zero-order valence-electron chi connectivity index (χ0n) is 10.6. The van der Waals surface area contributed by atoms with Crippen LogP contribution in [0.5, 0.6) is 0 Å². The highest BCUT2D eigenvalue weighted by molar-refractivity contribution is 7.97. The Hall–Kier alpha value is -1.96. The van der Waals surface area contributed by atoms with Gasteiger partial charge in [-0.1, -0.05) is 23.4 Å². The van der Waals surface area contributed by atoms with Crippen LogP contribution in [0.4, 0.5) is 13.2 Å². The van der Waals surface area contributed by atoms with E-state index in [2.05, 4.69) is 5.16 Å². The van der Waals surface area contributed by atoms with Crippen molar-refractivity contribution in [1.29, 1.82) is 0 Å². The van der Waals surface area contributed by atoms with E-state index in [4.69, 9.17) is 9.63 Å². The molecule has 1 heterocycles. The van der Waals surface area contributed by atoms with Gasteiger partial charge >= 0.3 is 12.1 Å². The van der Waals surface area contributed by atoms with Gasteiger partial charge in [0, 0.05) is 11.8 Å². The van der Waals surface area contributed by atoms with Gasteiger partial charge in [0.2, 0.25) is 0 Å². The number of carbonyl (C=O) groups is 1. The fourth-order valence-electron chi connectivity index (χ4n) is 1.59. The molecule has 2 rings (SSSR count). The summed E-state index contributed by atoms with van der Waals surface area (Å²) < 4.78 is 42.5. The number of hydrogen-bond acceptors (Lipinski definition) is 4. The lowest BCUT2D eigenvalue weighted by Gasteiger charge is -2.08. The number of carboxylic acid groups (broad SMARTS) is 1. The molecular weight excluding hydrogens is 307 g/mol. The number of nitrogens with zero attached hydrogens (tertiary/aromatic N) is 1. The number of thioether (sulfide) groups is 1. The van der Waals surface area contributed by atoms with Crippen molar-refractivity contribution in [2.75, 3.05) is 0 Å². The van der Waals surface area contributed by atoms with Crippen LogP contribution < -0.4 is 0 Å². The first kappa shape index (κ1) is 15.4. The predicted molar refractivity (Wildman–Crippen MR) is 69.9 cm³/mol. The van der Waals surface area contributed by atoms with Gasteiger partial charge in [0.1, 0.15) is 5.76 Å². The summed E-state index contributed by atoms with van der Waals surface area (Å²) in [7, 11) is 0. The summed E-state index contributed by atoms with van der Waals surface area (Å²) >= 11 is 1.31. The van der Waals surface area contributed by atoms with Crippen LogP contribution in [-0.4, -0.2) is 16.2 Å². The van der Waals surface area contributed by atoms with Gasteiger partial charge in [0.05, 0.1) is 11.3 Å². The maximum absolute atomic E-state index is 12.5. The van der Waals surface area contributed by atoms with Gasteiger partial charge in [0.25, 0.3) is 0 Å². The van der Waals surface area contributed by atoms with Gasteiger partial charge in [-0.05, 0) is 11.6 Å². The molecule has 1 aromatic heterocycles. The van der Waals surface area contributed by atoms with E-state index in [1.54, 1.807) is 6.07 Å². The van der Waals surface area contributed by atoms with E-state index in [0.29, 0.717) is 22.8 Å². The summed E-state index contributed by atoms with van der Waals surface area (Å²) in [5.41, 5.74) is -0.342. The van der Waals surface area contributed by atoms with E-state index in [9.17, 15) is 18.0 Å². The highest BCUT2D eigenvalue weighted by atomic mass is 32.2. The van der Waals surface area contributed by atoms with Crippen molar-refractivity contribution < 1.29 is 27.6 Å². The Morgan fingerprint density at radius 3 is 2.67 bits per heavy atom. The van der Waals surface area contributed by atoms with Gasteiger partial charge in [0.15, 0.2) is 5.69 Å². The minimum atomic E-state index is -4.36. The normalized spacial score (nSPS) is 11.6. The minimum Gasteiger partial charge on any atom is -0.476 e. The Morgan fingerprint density at radius 2 is 2.05 bits per heavy atom. The molecular formula is C13H10F3NO3S. The molecule has 0 aliphatic heterocycles. The molecule has 0 saturated heterocycles. The maximum atomic E-state index is 12.5. The quantitative estimate of drug-likeness (QED) is 0.908. The monoisotopic (exact) mass is 317 g/mol. The predicted octanol–water partition coefficient (Wildman–Crippen LogP) is 3.83. The number of aromatic nitrogens is 1. The van der Waals surface area contributed by atoms with Crippen molar-refractivity contribution in [1.82, 2.24) is 5.16 Å². The van der Waals surface area contributed by atoms with Crippen LogP contribution in [0, 0.1) is 0 Å². The molecule has 0 aliphatic rings. The van der Waals surface area contributed by atoms with E-state index in [0.717, 1.165) is 12.1 Å². The fraction of sp³-hybridized carbons (Fsp3) is 0.231. The number of alkyl halides is 3. The molecule has 2 aromatic rings. The molecule has 1 aromatic carbocycles. The average molecular weight is 317 g/mol. The number of aromatic carboxylic acids is 1. The average Bonchev–Trinajstić information content (AvgIpc) is 2.87. The SMILES string of the molecule is O=C(O)c1cc(CSCc2cccc(C(F)(F)F)c2)on1. The fourth-order valence-corrected chi connectivity index (χ4v) is 2.44. The second-order valence-electron chi connectivity index (χ2n) is 4.17. The summed E-state index contributed by atoms with van der Waals surface area (Å²) in [4.78, 5) is 10.6. The van der Waals surface area contributed by atoms with Crippen molar-refractivity contribution in [3.8, 4) is 0 Å². The highest BCUT2D eigenvalue weighted by Crippen LogP contribution is 2.30. The molecule has 1 N–H and O–H groups in total. The molecule has 21 heavy (non-hydrogen) atoms. The molecule has 112 valence electrons. The first-order valence-corrected chi connectivity index (χ1v) is 6.94. The van der Waals surface area contributed by atoms with E-state index >= 15 is 0 Å². The number of benzene rings is 1. The third-order valence-electron chi connectivity index (χ3n) is 2.55. The number of halogens is 3. The Morgan fingerprint density at radius 1 is 1.29 bits per heavy atom. The topological polar surface area (TPSA) is 63.3 Å². The van der Waals surface area contributed by atoms with Crippen LogP contribution in [0.1, 0.15) is 27.4 Å². The van der Waals surface area contributed by atoms with Crippen molar-refractivity contribution >= 4 is 17.7 Å². The van der Waals surface area contributed by atoms with Crippen molar-refractivity contribution in [3.63, 3.8) is 0 Å². The van der Waals surface area contributed by atoms with E-state index in [1.165, 1.54) is 23.9 Å². The summed E-state index contributed by atoms with van der Waals surface area (Å²) in [5, 5.41) is 12.0. The first-order valence-electron chi connectivity index (χ1n) is 5.79. The third-order valence-corrected chi connectivity index (χ3v) is 3.57. The van der Waals surface area contributed by atoms with Crippen LogP contribution in [0.25, 0.3) is 0 Å². The Bertz CT molecular complexity index is 640. The largest absolute Gasteiger partial charge is 0.476 e. The molecule has 8 heteroatoms. The number of rotatable bonds is 5. The lowest BCUT2D eigenvalue weighted by atomic mass is 10.1. The molecule has 0 atom stereocenters. The van der Waals surface area contributed by atoms with Crippen molar-refractivity contribution in [2.24, 2.45) is 0 Å². The zero-order valence-corrected chi connectivity index (χ0v) is 11.4. The second-order valence-corrected chi connectivity index (χ2v) is 5.16. The number of carboxylic acids is 1. The molecule has 0 amide bonds. The molecule has 0 saturated carbocycles. The van der Waals surface area contributed by atoms with Crippen LogP contribution in [-0.2, 0) is 17.7 Å². The summed E-state index contributed by atoms with van der Waals surface area (Å²) in [6.45, 7) is 0. The van der Waals surface area contributed by atoms with Crippen molar-refractivity contribution in [2.45, 2.75) is 17.7 Å². The smallest absolute Gasteiger partial charge is 0.416 e. The van der Waals surface area contributed by atoms with Crippen LogP contribution in [0.3, 0.4) is 0 Å². The first-order chi connectivity index (χ1) is 9.86. The van der Waals surface area contributed by atoms with Gasteiger partial charge in [-0.15, -0.1) is 11.8 Å². The van der Waals surface area contributed by atoms with E-state index < -0.39 is 17.7 Å². The zero-order chi connectivity index (χ0) is 15.5. The summed E-state index contributed by atoms with van der Waals surface area (Å²) in [5.74, 6) is -0.138. The molecule has 4 nitrogen and oxygen atoms in total. The van der Waals surface area contributed by atoms with Crippen LogP contribution >= 0.6 is 11.8 Å². The Kier molecular flexibility index (Phi) is 4.56. The van der Waals surface area contributed by atoms with Gasteiger partial charge < -0.3 is 9.63 Å². The summed E-state index contributed by atoms with van der Waals surface area (Å²) in [6, 6.07) is 6.36. The Balaban J connectivity index is 1.92. The molecule has 0 unspecified atom stereocenters. The van der Waals surface area contributed by atoms with Crippen molar-refractivity contribution in [3.05, 3.63) is 52.9 Å². The maximum Gasteiger partial charge on any atom is 0.416 e. The standard InChI is InChI=1S/C13H10F3NO3S/c14-13(15,16)9-3-1-2-8(4-9)6-21-7-10-5-11(12(18)19)17-20-10/h1-5H,6-7H2,(H,18,19). The third kappa shape index (κ3) is 4.25. The Labute approximate surface area is 121 Å². The molecule has 0 aliphatic carbocycles. The van der Waals surface area contributed by atoms with Crippen LogP contribution in [0.15, 0.2) is 34.9 Å². The highest BCUT2D eigenvalue weighted by Gasteiger charge is 2.30. The number of hydrogen-bond donors (Lipinski definition) is 1. The van der Waals surface area contributed by atoms with Gasteiger partial charge in [-0.25, -0.2) is 4.79 Å². The second kappa shape index (κ2) is 6.21. The molecule has 0 spiro atoms. The summed E-state index contributed by atoms with van der Waals surface area (Å²) in [6.07, 6.45) is -4.36. The van der Waals surface area contributed by atoms with E-state index in [-0.39, 0.29) is 5.69 Å². The van der Waals surface area contributed by atoms with Gasteiger partial charge in [-0.3, -0.25) is 0 Å². The molecule has 0 fully saturated rings. The minimum absolute atomic E-state index is 0.190. The lowest BCUT2D eigenvalue weighted by Crippen LogP contribution is -2.04. The van der Waals surface area contributed by atoms with E-state index in [1.807, 2.05) is 0 Å².